The van der Waals surface area contributed by atoms with Gasteiger partial charge in [-0.25, -0.2) is 4.39 Å². The van der Waals surface area contributed by atoms with Crippen molar-refractivity contribution in [3.63, 3.8) is 0 Å². The summed E-state index contributed by atoms with van der Waals surface area (Å²) in [5, 5.41) is 0. The molecule has 0 bridgehead atoms. The lowest BCUT2D eigenvalue weighted by atomic mass is 10.0. The first-order chi connectivity index (χ1) is 10.6. The Morgan fingerprint density at radius 1 is 0.773 bits per heavy atom. The molecule has 2 aromatic rings. The molecule has 22 heavy (non-hydrogen) atoms. The van der Waals surface area contributed by atoms with E-state index in [1.807, 2.05) is 37.9 Å². The fourth-order valence-corrected chi connectivity index (χ4v) is 2.99. The zero-order valence-electron chi connectivity index (χ0n) is 14.4. The summed E-state index contributed by atoms with van der Waals surface area (Å²) in [4.78, 5) is 2.11. The minimum absolute atomic E-state index is 0.134. The van der Waals surface area contributed by atoms with Crippen LogP contribution in [0.5, 0.6) is 0 Å². The minimum atomic E-state index is -0.134. The van der Waals surface area contributed by atoms with Gasteiger partial charge < -0.3 is 0 Å². The van der Waals surface area contributed by atoms with Gasteiger partial charge in [-0.2, -0.15) is 0 Å². The third kappa shape index (κ3) is 7.37. The summed E-state index contributed by atoms with van der Waals surface area (Å²) in [5.74, 6) is 0.503. The minimum Gasteiger partial charge on any atom is -0.206 e. The van der Waals surface area contributed by atoms with E-state index >= 15 is 0 Å². The average Bonchev–Trinajstić information content (AvgIpc) is 2.57. The molecule has 0 aromatic heterocycles. The molecule has 122 valence electrons. The molecule has 2 rings (SSSR count). The first-order valence-electron chi connectivity index (χ1n) is 7.51. The maximum Gasteiger partial charge on any atom is 0.136 e. The second-order valence-electron chi connectivity index (χ2n) is 4.53. The zero-order valence-corrected chi connectivity index (χ0v) is 16.0. The molecule has 0 spiro atoms. The van der Waals surface area contributed by atoms with Crippen molar-refractivity contribution in [1.82, 2.24) is 0 Å². The van der Waals surface area contributed by atoms with Gasteiger partial charge in [0, 0.05) is 9.79 Å². The van der Waals surface area contributed by atoms with Crippen molar-refractivity contribution < 1.29 is 4.39 Å². The molecule has 0 amide bonds. The van der Waals surface area contributed by atoms with Crippen molar-refractivity contribution in [2.75, 3.05) is 12.5 Å². The second-order valence-corrected chi connectivity index (χ2v) is 6.23. The molecule has 0 nitrogen and oxygen atoms in total. The van der Waals surface area contributed by atoms with Crippen LogP contribution in [0.2, 0.25) is 0 Å². The topological polar surface area (TPSA) is 0 Å². The number of rotatable bonds is 3. The van der Waals surface area contributed by atoms with E-state index in [-0.39, 0.29) is 5.82 Å². The van der Waals surface area contributed by atoms with E-state index < -0.39 is 0 Å². The van der Waals surface area contributed by atoms with Crippen LogP contribution >= 0.6 is 23.5 Å². The SMILES string of the molecule is CC.CSc1ccccc1C(C)C.CSc1ccccc1F. The molecule has 2 aromatic carbocycles. The maximum absolute atomic E-state index is 12.6. The number of hydrogen-bond acceptors (Lipinski definition) is 2. The quantitative estimate of drug-likeness (QED) is 0.547. The third-order valence-corrected chi connectivity index (χ3v) is 4.40. The molecule has 0 aliphatic rings. The van der Waals surface area contributed by atoms with Crippen molar-refractivity contribution in [1.29, 1.82) is 0 Å². The van der Waals surface area contributed by atoms with Gasteiger partial charge in [0.25, 0.3) is 0 Å². The third-order valence-electron chi connectivity index (χ3n) is 2.82. The van der Waals surface area contributed by atoms with Crippen molar-refractivity contribution in [2.24, 2.45) is 0 Å². The van der Waals surface area contributed by atoms with Crippen LogP contribution in [0.15, 0.2) is 58.3 Å². The Morgan fingerprint density at radius 2 is 1.23 bits per heavy atom. The van der Waals surface area contributed by atoms with Gasteiger partial charge >= 0.3 is 0 Å². The zero-order chi connectivity index (χ0) is 17.0. The second kappa shape index (κ2) is 12.6. The predicted molar refractivity (Wildman–Crippen MR) is 102 cm³/mol. The summed E-state index contributed by atoms with van der Waals surface area (Å²) < 4.78 is 12.6. The molecule has 0 aliphatic heterocycles. The highest BCUT2D eigenvalue weighted by Gasteiger charge is 2.02. The van der Waals surface area contributed by atoms with Crippen LogP contribution in [0.1, 0.15) is 39.2 Å². The van der Waals surface area contributed by atoms with E-state index in [2.05, 4.69) is 44.4 Å². The van der Waals surface area contributed by atoms with Crippen molar-refractivity contribution >= 4 is 23.5 Å². The Bertz CT molecular complexity index is 524. The van der Waals surface area contributed by atoms with Crippen LogP contribution in [0.25, 0.3) is 0 Å². The lowest BCUT2D eigenvalue weighted by Crippen LogP contribution is -1.88. The summed E-state index contributed by atoms with van der Waals surface area (Å²) in [7, 11) is 0. The Balaban J connectivity index is 0.000000366. The molecule has 0 N–H and O–H groups in total. The molecule has 0 aliphatic carbocycles. The van der Waals surface area contributed by atoms with Crippen LogP contribution in [-0.4, -0.2) is 12.5 Å². The van der Waals surface area contributed by atoms with Crippen molar-refractivity contribution in [3.05, 3.63) is 59.9 Å². The molecular formula is C19H27FS2. The average molecular weight is 339 g/mol. The van der Waals surface area contributed by atoms with E-state index in [0.717, 1.165) is 0 Å². The number of hydrogen-bond donors (Lipinski definition) is 0. The Hall–Kier alpha value is -0.930. The van der Waals surface area contributed by atoms with Gasteiger partial charge in [-0.05, 0) is 42.2 Å². The summed E-state index contributed by atoms with van der Waals surface area (Å²) >= 11 is 3.24. The largest absolute Gasteiger partial charge is 0.206 e. The van der Waals surface area contributed by atoms with Crippen molar-refractivity contribution in [2.45, 2.75) is 43.4 Å². The molecule has 0 saturated carbocycles. The highest BCUT2D eigenvalue weighted by atomic mass is 32.2. The molecule has 0 atom stereocenters. The molecule has 0 unspecified atom stereocenters. The number of halogens is 1. The smallest absolute Gasteiger partial charge is 0.136 e. The van der Waals surface area contributed by atoms with Gasteiger partial charge in [0.1, 0.15) is 5.82 Å². The predicted octanol–water partition coefficient (Wildman–Crippen LogP) is 7.11. The lowest BCUT2D eigenvalue weighted by molar-refractivity contribution is 0.602. The molecule has 0 saturated heterocycles. The summed E-state index contributed by atoms with van der Waals surface area (Å²) in [5.41, 5.74) is 1.46. The van der Waals surface area contributed by atoms with E-state index in [1.54, 1.807) is 12.1 Å². The highest BCUT2D eigenvalue weighted by Crippen LogP contribution is 2.26. The first-order valence-corrected chi connectivity index (χ1v) is 9.96. The first kappa shape index (κ1) is 21.1. The fraction of sp³-hybridized carbons (Fsp3) is 0.368. The molecule has 0 radical (unpaired) electrons. The summed E-state index contributed by atoms with van der Waals surface area (Å²) in [6, 6.07) is 15.3. The standard InChI is InChI=1S/C10H14S.C7H7FS.C2H6/c1-8(2)9-6-4-5-7-10(9)11-3;1-9-7-5-3-2-4-6(7)8;1-2/h4-8H,1-3H3;2-5H,1H3;1-2H3. The van der Waals surface area contributed by atoms with Gasteiger partial charge in [-0.1, -0.05) is 58.0 Å². The Morgan fingerprint density at radius 3 is 1.59 bits per heavy atom. The van der Waals surface area contributed by atoms with E-state index in [1.165, 1.54) is 28.3 Å². The van der Waals surface area contributed by atoms with Gasteiger partial charge in [0.05, 0.1) is 0 Å². The van der Waals surface area contributed by atoms with Gasteiger partial charge in [0.2, 0.25) is 0 Å². The van der Waals surface area contributed by atoms with Gasteiger partial charge in [0.15, 0.2) is 0 Å². The van der Waals surface area contributed by atoms with Crippen LogP contribution in [0, 0.1) is 5.82 Å². The molecule has 0 heterocycles. The highest BCUT2D eigenvalue weighted by molar-refractivity contribution is 7.98. The van der Waals surface area contributed by atoms with Crippen LogP contribution < -0.4 is 0 Å². The Kier molecular flexibility index (Phi) is 12.1. The van der Waals surface area contributed by atoms with Crippen LogP contribution in [0.4, 0.5) is 4.39 Å². The van der Waals surface area contributed by atoms with E-state index in [4.69, 9.17) is 0 Å². The normalized spacial score (nSPS) is 9.45. The van der Waals surface area contributed by atoms with E-state index in [0.29, 0.717) is 10.8 Å². The Labute approximate surface area is 143 Å². The van der Waals surface area contributed by atoms with Gasteiger partial charge in [-0.3, -0.25) is 0 Å². The van der Waals surface area contributed by atoms with Crippen LogP contribution in [0.3, 0.4) is 0 Å². The van der Waals surface area contributed by atoms with Gasteiger partial charge in [-0.15, -0.1) is 23.5 Å². The fourth-order valence-electron chi connectivity index (χ4n) is 1.75. The summed E-state index contributed by atoms with van der Waals surface area (Å²) in [6.07, 6.45) is 3.99. The molecular weight excluding hydrogens is 311 g/mol. The molecule has 0 fully saturated rings. The number of thioether (sulfide) groups is 2. The monoisotopic (exact) mass is 338 g/mol. The maximum atomic E-state index is 12.6. The van der Waals surface area contributed by atoms with Crippen molar-refractivity contribution in [3.8, 4) is 0 Å². The number of benzene rings is 2. The molecule has 3 heteroatoms. The summed E-state index contributed by atoms with van der Waals surface area (Å²) in [6.45, 7) is 8.46. The van der Waals surface area contributed by atoms with E-state index in [9.17, 15) is 4.39 Å². The van der Waals surface area contributed by atoms with Crippen LogP contribution in [-0.2, 0) is 0 Å². The lowest BCUT2D eigenvalue weighted by Gasteiger charge is -2.09.